The molecule has 6 heteroatoms. The van der Waals surface area contributed by atoms with E-state index in [1.807, 2.05) is 49.5 Å². The Hall–Kier alpha value is -3.12. The summed E-state index contributed by atoms with van der Waals surface area (Å²) in [5.41, 5.74) is 1.78. The van der Waals surface area contributed by atoms with Gasteiger partial charge in [0.15, 0.2) is 0 Å². The van der Waals surface area contributed by atoms with Gasteiger partial charge in [-0.1, -0.05) is 30.3 Å². The van der Waals surface area contributed by atoms with Crippen LogP contribution in [0.4, 0.5) is 5.82 Å². The minimum Gasteiger partial charge on any atom is -0.489 e. The number of nitrogens with one attached hydrogen (secondary N) is 1. The molecule has 2 aromatic heterocycles. The van der Waals surface area contributed by atoms with Crippen LogP contribution < -0.4 is 20.5 Å². The number of likely N-dealkylation sites (N-methyl/N-ethyl adjacent to an activating group) is 1. The van der Waals surface area contributed by atoms with Crippen molar-refractivity contribution in [3.63, 3.8) is 0 Å². The Labute approximate surface area is 170 Å². The predicted molar refractivity (Wildman–Crippen MR) is 115 cm³/mol. The van der Waals surface area contributed by atoms with E-state index in [0.717, 1.165) is 36.6 Å². The molecule has 29 heavy (non-hydrogen) atoms. The topological polar surface area (TPSA) is 59.4 Å². The molecular formula is C23H26N4O2. The van der Waals surface area contributed by atoms with Crippen LogP contribution in [0.15, 0.2) is 71.8 Å². The van der Waals surface area contributed by atoms with E-state index in [2.05, 4.69) is 22.1 Å². The lowest BCUT2D eigenvalue weighted by atomic mass is 10.0. The number of hydrogen-bond acceptors (Lipinski definition) is 5. The van der Waals surface area contributed by atoms with Crippen molar-refractivity contribution in [2.24, 2.45) is 0 Å². The second kappa shape index (κ2) is 8.09. The third-order valence-electron chi connectivity index (χ3n) is 5.55. The van der Waals surface area contributed by atoms with E-state index in [4.69, 9.17) is 4.74 Å². The molecule has 1 aliphatic rings. The summed E-state index contributed by atoms with van der Waals surface area (Å²) in [7, 11) is 2.00. The molecule has 1 aliphatic heterocycles. The monoisotopic (exact) mass is 390 g/mol. The first-order valence-electron chi connectivity index (χ1n) is 9.86. The molecule has 3 heterocycles. The van der Waals surface area contributed by atoms with Crippen LogP contribution in [0, 0.1) is 0 Å². The Balaban J connectivity index is 1.45. The molecule has 1 saturated heterocycles. The van der Waals surface area contributed by atoms with Gasteiger partial charge in [0.1, 0.15) is 18.2 Å². The lowest BCUT2D eigenvalue weighted by Crippen LogP contribution is -2.42. The molecule has 150 valence electrons. The van der Waals surface area contributed by atoms with Gasteiger partial charge < -0.3 is 15.0 Å². The van der Waals surface area contributed by atoms with E-state index in [1.165, 1.54) is 6.07 Å². The van der Waals surface area contributed by atoms with Gasteiger partial charge >= 0.3 is 0 Å². The second-order valence-corrected chi connectivity index (χ2v) is 7.70. The molecule has 4 rings (SSSR count). The number of hydrogen-bond donors (Lipinski definition) is 1. The van der Waals surface area contributed by atoms with E-state index >= 15 is 0 Å². The predicted octanol–water partition coefficient (Wildman–Crippen LogP) is 3.00. The highest BCUT2D eigenvalue weighted by atomic mass is 16.5. The summed E-state index contributed by atoms with van der Waals surface area (Å²) in [6.45, 7) is 4.55. The summed E-state index contributed by atoms with van der Waals surface area (Å²) >= 11 is 0. The Bertz CT molecular complexity index is 1020. The van der Waals surface area contributed by atoms with Gasteiger partial charge in [-0.3, -0.25) is 9.36 Å². The first-order valence-corrected chi connectivity index (χ1v) is 9.86. The van der Waals surface area contributed by atoms with Gasteiger partial charge in [-0.25, -0.2) is 4.98 Å². The molecule has 0 saturated carbocycles. The fourth-order valence-corrected chi connectivity index (χ4v) is 3.57. The van der Waals surface area contributed by atoms with Crippen LogP contribution in [-0.4, -0.2) is 35.2 Å². The zero-order valence-corrected chi connectivity index (χ0v) is 16.8. The molecule has 1 N–H and O–H groups in total. The fourth-order valence-electron chi connectivity index (χ4n) is 3.57. The Kier molecular flexibility index (Phi) is 5.36. The van der Waals surface area contributed by atoms with Crippen molar-refractivity contribution >= 4 is 5.82 Å². The van der Waals surface area contributed by atoms with Gasteiger partial charge in [0.05, 0.1) is 11.9 Å². The van der Waals surface area contributed by atoms with Gasteiger partial charge in [-0.2, -0.15) is 0 Å². The maximum Gasteiger partial charge on any atom is 0.258 e. The molecule has 0 radical (unpaired) electrons. The molecule has 0 bridgehead atoms. The highest BCUT2D eigenvalue weighted by molar-refractivity contribution is 5.45. The van der Waals surface area contributed by atoms with Crippen molar-refractivity contribution in [1.82, 2.24) is 14.9 Å². The van der Waals surface area contributed by atoms with E-state index in [9.17, 15) is 4.79 Å². The van der Waals surface area contributed by atoms with Crippen LogP contribution in [0.5, 0.6) is 5.75 Å². The summed E-state index contributed by atoms with van der Waals surface area (Å²) in [5.74, 6) is 1.49. The average molecular weight is 390 g/mol. The van der Waals surface area contributed by atoms with Crippen LogP contribution in [0.2, 0.25) is 0 Å². The number of nitrogens with zero attached hydrogens (tertiary/aromatic N) is 3. The maximum absolute atomic E-state index is 12.6. The number of ether oxygens (including phenoxy) is 1. The zero-order chi connectivity index (χ0) is 20.3. The van der Waals surface area contributed by atoms with E-state index in [1.54, 1.807) is 23.0 Å². The third-order valence-corrected chi connectivity index (χ3v) is 5.55. The lowest BCUT2D eigenvalue weighted by molar-refractivity contribution is 0.305. The van der Waals surface area contributed by atoms with Crippen LogP contribution in [0.3, 0.4) is 0 Å². The normalized spacial score (nSPS) is 18.8. The largest absolute Gasteiger partial charge is 0.489 e. The van der Waals surface area contributed by atoms with Crippen molar-refractivity contribution in [3.8, 4) is 11.4 Å². The van der Waals surface area contributed by atoms with Gasteiger partial charge in [-0.05, 0) is 44.2 Å². The molecule has 6 nitrogen and oxygen atoms in total. The molecule has 1 unspecified atom stereocenters. The molecule has 0 spiro atoms. The van der Waals surface area contributed by atoms with Gasteiger partial charge in [0.2, 0.25) is 0 Å². The molecule has 1 atom stereocenters. The molecular weight excluding hydrogens is 364 g/mol. The quantitative estimate of drug-likeness (QED) is 0.701. The van der Waals surface area contributed by atoms with E-state index in [0.29, 0.717) is 12.4 Å². The number of pyridine rings is 2. The molecule has 0 amide bonds. The third kappa shape index (κ3) is 4.32. The molecule has 0 aliphatic carbocycles. The van der Waals surface area contributed by atoms with Crippen molar-refractivity contribution in [1.29, 1.82) is 0 Å². The highest BCUT2D eigenvalue weighted by Crippen LogP contribution is 2.25. The average Bonchev–Trinajstić information content (AvgIpc) is 3.16. The van der Waals surface area contributed by atoms with Crippen molar-refractivity contribution in [2.45, 2.75) is 25.5 Å². The van der Waals surface area contributed by atoms with Crippen LogP contribution in [-0.2, 0) is 6.61 Å². The smallest absolute Gasteiger partial charge is 0.258 e. The minimum absolute atomic E-state index is 0.118. The molecule has 3 aromatic rings. The van der Waals surface area contributed by atoms with Crippen LogP contribution in [0.1, 0.15) is 18.9 Å². The van der Waals surface area contributed by atoms with E-state index in [-0.39, 0.29) is 11.1 Å². The molecule has 1 fully saturated rings. The summed E-state index contributed by atoms with van der Waals surface area (Å²) in [5, 5.41) is 3.38. The second-order valence-electron chi connectivity index (χ2n) is 7.70. The van der Waals surface area contributed by atoms with Gasteiger partial charge in [0, 0.05) is 30.9 Å². The Morgan fingerprint density at radius 3 is 2.66 bits per heavy atom. The number of aromatic nitrogens is 2. The standard InChI is InChI=1S/C23H26N4O2/c1-23(24-2)11-13-26(17-23)21-9-8-19(15-25-21)27-12-10-20(14-22(27)28)29-16-18-6-4-3-5-7-18/h3-10,12,14-15,24H,11,13,16-17H2,1-2H3. The first kappa shape index (κ1) is 19.2. The maximum atomic E-state index is 12.6. The van der Waals surface area contributed by atoms with Gasteiger partial charge in [0.25, 0.3) is 5.56 Å². The number of rotatable bonds is 6. The highest BCUT2D eigenvalue weighted by Gasteiger charge is 2.32. The summed E-state index contributed by atoms with van der Waals surface area (Å²) in [6.07, 6.45) is 4.56. The first-order chi connectivity index (χ1) is 14.1. The Morgan fingerprint density at radius 1 is 1.17 bits per heavy atom. The van der Waals surface area contributed by atoms with Crippen molar-refractivity contribution in [3.05, 3.63) is 82.9 Å². The fraction of sp³-hybridized carbons (Fsp3) is 0.304. The van der Waals surface area contributed by atoms with Crippen molar-refractivity contribution < 1.29 is 4.74 Å². The van der Waals surface area contributed by atoms with Crippen LogP contribution in [0.25, 0.3) is 5.69 Å². The number of anilines is 1. The van der Waals surface area contributed by atoms with Crippen LogP contribution >= 0.6 is 0 Å². The van der Waals surface area contributed by atoms with Gasteiger partial charge in [-0.15, -0.1) is 0 Å². The zero-order valence-electron chi connectivity index (χ0n) is 16.8. The summed E-state index contributed by atoms with van der Waals surface area (Å²) in [4.78, 5) is 19.4. The molecule has 1 aromatic carbocycles. The minimum atomic E-state index is -0.144. The van der Waals surface area contributed by atoms with E-state index < -0.39 is 0 Å². The SMILES string of the molecule is CNC1(C)CCN(c2ccc(-n3ccc(OCc4ccccc4)cc3=O)cn2)C1. The summed E-state index contributed by atoms with van der Waals surface area (Å²) in [6, 6.07) is 17.1. The lowest BCUT2D eigenvalue weighted by Gasteiger charge is -2.24. The Morgan fingerprint density at radius 2 is 2.00 bits per heavy atom. The number of benzene rings is 1. The van der Waals surface area contributed by atoms with Crippen molar-refractivity contribution in [2.75, 3.05) is 25.0 Å². The summed E-state index contributed by atoms with van der Waals surface area (Å²) < 4.78 is 7.32.